The molecule has 2 fully saturated rings. The summed E-state index contributed by atoms with van der Waals surface area (Å²) in [6.07, 6.45) is -5.55. The third-order valence-electron chi connectivity index (χ3n) is 6.81. The van der Waals surface area contributed by atoms with Gasteiger partial charge in [0.1, 0.15) is 24.4 Å². The number of carboxylic acids is 1. The van der Waals surface area contributed by atoms with Gasteiger partial charge in [-0.05, 0) is 36.0 Å². The number of ether oxygens (including phenoxy) is 2. The molecule has 0 bridgehead atoms. The molecule has 1 aromatic rings. The number of carbonyl (C=O) groups is 1. The average Bonchev–Trinajstić information content (AvgIpc) is 2.91. The van der Waals surface area contributed by atoms with Gasteiger partial charge in [0.2, 0.25) is 0 Å². The molecule has 8 heteroatoms. The van der Waals surface area contributed by atoms with Crippen LogP contribution in [0.2, 0.25) is 0 Å². The van der Waals surface area contributed by atoms with E-state index >= 15 is 0 Å². The van der Waals surface area contributed by atoms with E-state index < -0.39 is 43.3 Å². The molecule has 162 valence electrons. The summed E-state index contributed by atoms with van der Waals surface area (Å²) in [5.41, 5.74) is 0.703. The summed E-state index contributed by atoms with van der Waals surface area (Å²) in [6, 6.07) is 6.82. The SMILES string of the molecule is CC1(C)C[C@@H](O[C@@H]2O[C@H](CO)[C@@H](O)[C@H](O)[C@H]2O)C[C@]1(C)c1ccc(C(=O)O)cc1. The summed E-state index contributed by atoms with van der Waals surface area (Å²) >= 11 is 0. The van der Waals surface area contributed by atoms with Crippen LogP contribution in [0.5, 0.6) is 0 Å². The molecule has 0 amide bonds. The topological polar surface area (TPSA) is 137 Å². The van der Waals surface area contributed by atoms with Crippen LogP contribution >= 0.6 is 0 Å². The second kappa shape index (κ2) is 7.94. The first-order chi connectivity index (χ1) is 13.5. The fourth-order valence-corrected chi connectivity index (χ4v) is 4.55. The molecule has 1 heterocycles. The minimum absolute atomic E-state index is 0.198. The van der Waals surface area contributed by atoms with Gasteiger partial charge >= 0.3 is 5.97 Å². The Morgan fingerprint density at radius 2 is 1.69 bits per heavy atom. The van der Waals surface area contributed by atoms with Crippen LogP contribution in [0.4, 0.5) is 0 Å². The maximum atomic E-state index is 11.1. The molecule has 0 radical (unpaired) electrons. The zero-order chi connectivity index (χ0) is 21.6. The van der Waals surface area contributed by atoms with E-state index in [0.717, 1.165) is 5.56 Å². The van der Waals surface area contributed by atoms with Gasteiger partial charge in [-0.1, -0.05) is 32.9 Å². The van der Waals surface area contributed by atoms with Crippen molar-refractivity contribution in [2.75, 3.05) is 6.61 Å². The second-order valence-corrected chi connectivity index (χ2v) is 8.96. The third kappa shape index (κ3) is 3.93. The number of aliphatic hydroxyl groups is 4. The Labute approximate surface area is 169 Å². The van der Waals surface area contributed by atoms with Crippen LogP contribution in [0, 0.1) is 5.41 Å². The Kier molecular flexibility index (Phi) is 6.06. The molecule has 0 aromatic heterocycles. The van der Waals surface area contributed by atoms with E-state index in [4.69, 9.17) is 14.6 Å². The number of aromatic carboxylic acids is 1. The zero-order valence-corrected chi connectivity index (χ0v) is 16.9. The Morgan fingerprint density at radius 1 is 1.07 bits per heavy atom. The van der Waals surface area contributed by atoms with Crippen molar-refractivity contribution in [3.63, 3.8) is 0 Å². The molecule has 29 heavy (non-hydrogen) atoms. The maximum Gasteiger partial charge on any atom is 0.335 e. The Hall–Kier alpha value is -1.55. The molecule has 1 saturated carbocycles. The molecule has 5 N–H and O–H groups in total. The average molecular weight is 410 g/mol. The lowest BCUT2D eigenvalue weighted by molar-refractivity contribution is -0.311. The van der Waals surface area contributed by atoms with Crippen molar-refractivity contribution in [2.24, 2.45) is 5.41 Å². The number of rotatable bonds is 5. The summed E-state index contributed by atoms with van der Waals surface area (Å²) in [4.78, 5) is 11.1. The molecule has 0 unspecified atom stereocenters. The molecular weight excluding hydrogens is 380 g/mol. The van der Waals surface area contributed by atoms with E-state index in [0.29, 0.717) is 12.8 Å². The lowest BCUT2D eigenvalue weighted by atomic mass is 9.65. The second-order valence-electron chi connectivity index (χ2n) is 8.96. The van der Waals surface area contributed by atoms with Crippen molar-refractivity contribution in [3.8, 4) is 0 Å². The van der Waals surface area contributed by atoms with Gasteiger partial charge in [0.05, 0.1) is 18.3 Å². The van der Waals surface area contributed by atoms with Gasteiger partial charge in [0, 0.05) is 5.41 Å². The van der Waals surface area contributed by atoms with Gasteiger partial charge in [-0.15, -0.1) is 0 Å². The molecule has 7 atom stereocenters. The van der Waals surface area contributed by atoms with E-state index in [2.05, 4.69) is 20.8 Å². The lowest BCUT2D eigenvalue weighted by Crippen LogP contribution is -2.59. The number of carboxylic acid groups (broad SMARTS) is 1. The number of hydrogen-bond donors (Lipinski definition) is 5. The van der Waals surface area contributed by atoms with Crippen molar-refractivity contribution in [1.29, 1.82) is 0 Å². The van der Waals surface area contributed by atoms with Crippen LogP contribution in [0.3, 0.4) is 0 Å². The van der Waals surface area contributed by atoms with E-state index in [9.17, 15) is 25.2 Å². The van der Waals surface area contributed by atoms with Gasteiger partial charge < -0.3 is 35.0 Å². The quantitative estimate of drug-likeness (QED) is 0.477. The fourth-order valence-electron chi connectivity index (χ4n) is 4.55. The number of benzene rings is 1. The molecular formula is C21H30O8. The van der Waals surface area contributed by atoms with Crippen molar-refractivity contribution in [2.45, 2.75) is 75.8 Å². The predicted octanol–water partition coefficient (Wildman–Crippen LogP) is 0.648. The minimum atomic E-state index is -1.48. The highest BCUT2D eigenvalue weighted by atomic mass is 16.7. The van der Waals surface area contributed by atoms with Gasteiger partial charge in [0.25, 0.3) is 0 Å². The zero-order valence-electron chi connectivity index (χ0n) is 16.9. The number of aliphatic hydroxyl groups excluding tert-OH is 4. The van der Waals surface area contributed by atoms with Gasteiger partial charge in [-0.25, -0.2) is 4.79 Å². The Bertz CT molecular complexity index is 731. The summed E-state index contributed by atoms with van der Waals surface area (Å²) < 4.78 is 11.5. The van der Waals surface area contributed by atoms with Crippen molar-refractivity contribution in [1.82, 2.24) is 0 Å². The van der Waals surface area contributed by atoms with Gasteiger partial charge in [-0.3, -0.25) is 0 Å². The van der Waals surface area contributed by atoms with Gasteiger partial charge in [-0.2, -0.15) is 0 Å². The van der Waals surface area contributed by atoms with E-state index in [1.54, 1.807) is 12.1 Å². The smallest absolute Gasteiger partial charge is 0.335 e. The highest BCUT2D eigenvalue weighted by molar-refractivity contribution is 5.87. The van der Waals surface area contributed by atoms with Crippen LogP contribution < -0.4 is 0 Å². The van der Waals surface area contributed by atoms with Gasteiger partial charge in [0.15, 0.2) is 6.29 Å². The largest absolute Gasteiger partial charge is 0.478 e. The predicted molar refractivity (Wildman–Crippen MR) is 102 cm³/mol. The molecule has 0 spiro atoms. The van der Waals surface area contributed by atoms with E-state index in [1.807, 2.05) is 12.1 Å². The molecule has 1 aliphatic carbocycles. The number of hydrogen-bond acceptors (Lipinski definition) is 7. The van der Waals surface area contributed by atoms with Crippen LogP contribution in [-0.2, 0) is 14.9 Å². The summed E-state index contributed by atoms with van der Waals surface area (Å²) in [5.74, 6) is -0.976. The van der Waals surface area contributed by atoms with Crippen molar-refractivity contribution >= 4 is 5.97 Å². The van der Waals surface area contributed by atoms with Crippen LogP contribution in [-0.4, -0.2) is 74.9 Å². The first-order valence-electron chi connectivity index (χ1n) is 9.80. The third-order valence-corrected chi connectivity index (χ3v) is 6.81. The highest BCUT2D eigenvalue weighted by Gasteiger charge is 2.53. The molecule has 1 saturated heterocycles. The monoisotopic (exact) mass is 410 g/mol. The highest BCUT2D eigenvalue weighted by Crippen LogP contribution is 2.55. The fraction of sp³-hybridized carbons (Fsp3) is 0.667. The summed E-state index contributed by atoms with van der Waals surface area (Å²) in [6.45, 7) is 5.80. The summed E-state index contributed by atoms with van der Waals surface area (Å²) in [5, 5.41) is 48.6. The van der Waals surface area contributed by atoms with E-state index in [1.165, 1.54) is 0 Å². The summed E-state index contributed by atoms with van der Waals surface area (Å²) in [7, 11) is 0. The minimum Gasteiger partial charge on any atom is -0.478 e. The van der Waals surface area contributed by atoms with Crippen molar-refractivity contribution < 1.29 is 39.8 Å². The van der Waals surface area contributed by atoms with Crippen LogP contribution in [0.1, 0.15) is 49.5 Å². The molecule has 3 rings (SSSR count). The maximum absolute atomic E-state index is 11.1. The lowest BCUT2D eigenvalue weighted by Gasteiger charge is -2.40. The molecule has 2 aliphatic rings. The van der Waals surface area contributed by atoms with E-state index in [-0.39, 0.29) is 22.5 Å². The standard InChI is InChI=1S/C21H30O8/c1-20(2)8-13(28-19-17(25)16(24)15(23)14(10-22)29-19)9-21(20,3)12-6-4-11(5-7-12)18(26)27/h4-7,13-17,19,22-25H,8-10H2,1-3H3,(H,26,27)/t13-,14-,15-,16+,17-,19-,21-/m1/s1. The molecule has 1 aliphatic heterocycles. The van der Waals surface area contributed by atoms with Crippen LogP contribution in [0.15, 0.2) is 24.3 Å². The first-order valence-corrected chi connectivity index (χ1v) is 9.80. The Morgan fingerprint density at radius 3 is 2.24 bits per heavy atom. The van der Waals surface area contributed by atoms with Crippen molar-refractivity contribution in [3.05, 3.63) is 35.4 Å². The molecule has 1 aromatic carbocycles. The molecule has 8 nitrogen and oxygen atoms in total. The normalized spacial score (nSPS) is 39.4. The Balaban J connectivity index is 1.77. The van der Waals surface area contributed by atoms with Crippen LogP contribution in [0.25, 0.3) is 0 Å². The first kappa shape index (κ1) is 22.1.